The van der Waals surface area contributed by atoms with E-state index in [0.29, 0.717) is 0 Å². The summed E-state index contributed by atoms with van der Waals surface area (Å²) in [4.78, 5) is 0. The predicted octanol–water partition coefficient (Wildman–Crippen LogP) is 2.79. The highest BCUT2D eigenvalue weighted by molar-refractivity contribution is 6.31. The first-order valence-corrected chi connectivity index (χ1v) is 4.91. The molecule has 5 heteroatoms. The highest BCUT2D eigenvalue weighted by Gasteiger charge is 2.39. The normalized spacial score (nSPS) is 17.9. The van der Waals surface area contributed by atoms with Crippen molar-refractivity contribution in [3.8, 4) is 0 Å². The van der Waals surface area contributed by atoms with Crippen LogP contribution in [0.25, 0.3) is 0 Å². The lowest BCUT2D eigenvalue weighted by Gasteiger charge is -2.10. The van der Waals surface area contributed by atoms with Crippen molar-refractivity contribution in [2.45, 2.75) is 24.8 Å². The molecule has 0 amide bonds. The van der Waals surface area contributed by atoms with Crippen LogP contribution in [0.4, 0.5) is 13.2 Å². The molecule has 15 heavy (non-hydrogen) atoms. The molecule has 2 rings (SSSR count). The third-order valence-electron chi connectivity index (χ3n) is 2.61. The molecule has 1 aromatic carbocycles. The lowest BCUT2D eigenvalue weighted by atomic mass is 10.0. The SMILES string of the molecule is NC1(Cc2cc(F)c(F)c(Cl)c2F)CC1. The molecule has 1 fully saturated rings. The van der Waals surface area contributed by atoms with Gasteiger partial charge in [-0.1, -0.05) is 11.6 Å². The lowest BCUT2D eigenvalue weighted by Crippen LogP contribution is -2.25. The van der Waals surface area contributed by atoms with Crippen LogP contribution in [0.2, 0.25) is 5.02 Å². The maximum absolute atomic E-state index is 13.4. The van der Waals surface area contributed by atoms with Gasteiger partial charge in [0.25, 0.3) is 0 Å². The molecule has 1 aliphatic rings. The first-order chi connectivity index (χ1) is 6.93. The molecule has 1 nitrogen and oxygen atoms in total. The number of benzene rings is 1. The van der Waals surface area contributed by atoms with Crippen molar-refractivity contribution in [1.29, 1.82) is 0 Å². The van der Waals surface area contributed by atoms with Gasteiger partial charge in [0, 0.05) is 5.54 Å². The van der Waals surface area contributed by atoms with E-state index in [9.17, 15) is 13.2 Å². The standard InChI is InChI=1S/C10H9ClF3N/c11-7-8(13)5(3-6(12)9(7)14)4-10(15)1-2-10/h3H,1-2,4,15H2. The minimum atomic E-state index is -1.35. The van der Waals surface area contributed by atoms with Crippen LogP contribution in [0.3, 0.4) is 0 Å². The summed E-state index contributed by atoms with van der Waals surface area (Å²) in [7, 11) is 0. The van der Waals surface area contributed by atoms with Gasteiger partial charge in [0.05, 0.1) is 0 Å². The van der Waals surface area contributed by atoms with Gasteiger partial charge in [0.1, 0.15) is 10.8 Å². The maximum atomic E-state index is 13.4. The molecule has 1 aromatic rings. The summed E-state index contributed by atoms with van der Waals surface area (Å²) in [5.74, 6) is -3.40. The van der Waals surface area contributed by atoms with Gasteiger partial charge in [-0.2, -0.15) is 0 Å². The van der Waals surface area contributed by atoms with Crippen LogP contribution in [0.5, 0.6) is 0 Å². The quantitative estimate of drug-likeness (QED) is 0.619. The molecular formula is C10H9ClF3N. The van der Waals surface area contributed by atoms with Crippen LogP contribution >= 0.6 is 11.6 Å². The summed E-state index contributed by atoms with van der Waals surface area (Å²) in [5, 5.41) is -0.797. The highest BCUT2D eigenvalue weighted by Crippen LogP contribution is 2.37. The Morgan fingerprint density at radius 3 is 2.40 bits per heavy atom. The van der Waals surface area contributed by atoms with Crippen molar-refractivity contribution < 1.29 is 13.2 Å². The average molecular weight is 236 g/mol. The first-order valence-electron chi connectivity index (χ1n) is 4.54. The fourth-order valence-corrected chi connectivity index (χ4v) is 1.68. The topological polar surface area (TPSA) is 26.0 Å². The Hall–Kier alpha value is -0.740. The fraction of sp³-hybridized carbons (Fsp3) is 0.400. The third-order valence-corrected chi connectivity index (χ3v) is 2.94. The summed E-state index contributed by atoms with van der Waals surface area (Å²) in [6.07, 6.45) is 1.72. The van der Waals surface area contributed by atoms with Crippen molar-refractivity contribution >= 4 is 11.6 Å². The molecule has 82 valence electrons. The molecule has 0 bridgehead atoms. The van der Waals surface area contributed by atoms with E-state index in [1.165, 1.54) is 0 Å². The van der Waals surface area contributed by atoms with E-state index in [0.717, 1.165) is 18.9 Å². The molecular weight excluding hydrogens is 227 g/mol. The van der Waals surface area contributed by atoms with Crippen LogP contribution in [0.1, 0.15) is 18.4 Å². The molecule has 1 aliphatic carbocycles. The second-order valence-corrected chi connectivity index (χ2v) is 4.38. The predicted molar refractivity (Wildman–Crippen MR) is 51.2 cm³/mol. The van der Waals surface area contributed by atoms with Gasteiger partial charge in [0.2, 0.25) is 0 Å². The zero-order valence-electron chi connectivity index (χ0n) is 7.79. The smallest absolute Gasteiger partial charge is 0.180 e. The summed E-state index contributed by atoms with van der Waals surface area (Å²) >= 11 is 5.31. The largest absolute Gasteiger partial charge is 0.325 e. The zero-order chi connectivity index (χ0) is 11.2. The van der Waals surface area contributed by atoms with Gasteiger partial charge >= 0.3 is 0 Å². The van der Waals surface area contributed by atoms with E-state index in [-0.39, 0.29) is 12.0 Å². The molecule has 0 heterocycles. The Morgan fingerprint density at radius 1 is 1.27 bits per heavy atom. The zero-order valence-corrected chi connectivity index (χ0v) is 8.54. The van der Waals surface area contributed by atoms with Gasteiger partial charge < -0.3 is 5.73 Å². The van der Waals surface area contributed by atoms with Gasteiger partial charge in [-0.3, -0.25) is 0 Å². The highest BCUT2D eigenvalue weighted by atomic mass is 35.5. The van der Waals surface area contributed by atoms with Crippen molar-refractivity contribution in [2.24, 2.45) is 5.73 Å². The average Bonchev–Trinajstić information content (AvgIpc) is 2.89. The van der Waals surface area contributed by atoms with E-state index in [2.05, 4.69) is 0 Å². The van der Waals surface area contributed by atoms with Crippen LogP contribution < -0.4 is 5.73 Å². The van der Waals surface area contributed by atoms with Crippen LogP contribution in [-0.2, 0) is 6.42 Å². The van der Waals surface area contributed by atoms with Crippen molar-refractivity contribution in [3.05, 3.63) is 34.1 Å². The molecule has 0 atom stereocenters. The molecule has 0 aliphatic heterocycles. The molecule has 0 spiro atoms. The van der Waals surface area contributed by atoms with E-state index >= 15 is 0 Å². The molecule has 0 unspecified atom stereocenters. The number of hydrogen-bond acceptors (Lipinski definition) is 1. The monoisotopic (exact) mass is 235 g/mol. The van der Waals surface area contributed by atoms with Crippen molar-refractivity contribution in [2.75, 3.05) is 0 Å². The van der Waals surface area contributed by atoms with Gasteiger partial charge in [-0.25, -0.2) is 13.2 Å². The first kappa shape index (κ1) is 10.8. The Bertz CT molecular complexity index is 416. The summed E-state index contributed by atoms with van der Waals surface area (Å²) in [6, 6.07) is 0.823. The summed E-state index contributed by atoms with van der Waals surface area (Å²) < 4.78 is 39.2. The van der Waals surface area contributed by atoms with Gasteiger partial charge in [0.15, 0.2) is 11.6 Å². The Kier molecular flexibility index (Phi) is 2.43. The lowest BCUT2D eigenvalue weighted by molar-refractivity contribution is 0.487. The molecule has 0 saturated heterocycles. The van der Waals surface area contributed by atoms with Crippen LogP contribution in [0.15, 0.2) is 6.07 Å². The maximum Gasteiger partial charge on any atom is 0.180 e. The van der Waals surface area contributed by atoms with Gasteiger partial charge in [-0.15, -0.1) is 0 Å². The minimum absolute atomic E-state index is 0.0406. The third kappa shape index (κ3) is 1.96. The molecule has 0 aromatic heterocycles. The number of rotatable bonds is 2. The number of halogens is 4. The molecule has 1 saturated carbocycles. The molecule has 2 N–H and O–H groups in total. The summed E-state index contributed by atoms with van der Waals surface area (Å²) in [6.45, 7) is 0. The van der Waals surface area contributed by atoms with E-state index < -0.39 is 28.0 Å². The van der Waals surface area contributed by atoms with Gasteiger partial charge in [-0.05, 0) is 30.9 Å². The van der Waals surface area contributed by atoms with Crippen LogP contribution in [0, 0.1) is 17.5 Å². The second kappa shape index (κ2) is 3.39. The van der Waals surface area contributed by atoms with E-state index in [4.69, 9.17) is 17.3 Å². The number of hydrogen-bond donors (Lipinski definition) is 1. The Morgan fingerprint density at radius 2 is 1.87 bits per heavy atom. The van der Waals surface area contributed by atoms with E-state index in [1.54, 1.807) is 0 Å². The second-order valence-electron chi connectivity index (χ2n) is 4.00. The Labute approximate surface area is 90.0 Å². The van der Waals surface area contributed by atoms with E-state index in [1.807, 2.05) is 0 Å². The fourth-order valence-electron chi connectivity index (χ4n) is 1.47. The summed E-state index contributed by atoms with van der Waals surface area (Å²) in [5.41, 5.74) is 5.34. The van der Waals surface area contributed by atoms with Crippen molar-refractivity contribution in [1.82, 2.24) is 0 Å². The van der Waals surface area contributed by atoms with Crippen LogP contribution in [-0.4, -0.2) is 5.54 Å². The molecule has 0 radical (unpaired) electrons. The van der Waals surface area contributed by atoms with Crippen molar-refractivity contribution in [3.63, 3.8) is 0 Å². The minimum Gasteiger partial charge on any atom is -0.325 e. The number of nitrogens with two attached hydrogens (primary N) is 1. The Balaban J connectivity index is 2.39.